The van der Waals surface area contributed by atoms with Gasteiger partial charge in [0, 0.05) is 0 Å². The van der Waals surface area contributed by atoms with Crippen molar-refractivity contribution in [1.29, 1.82) is 0 Å². The van der Waals surface area contributed by atoms with Gasteiger partial charge in [-0.15, -0.1) is 0 Å². The minimum atomic E-state index is 0.631. The fourth-order valence-corrected chi connectivity index (χ4v) is 3.88. The minimum absolute atomic E-state index is 0.631. The van der Waals surface area contributed by atoms with Gasteiger partial charge in [0.15, 0.2) is 0 Å². The maximum Gasteiger partial charge on any atom is -0.0110 e. The minimum Gasteiger partial charge on any atom is -0.0845 e. The topological polar surface area (TPSA) is 0 Å². The van der Waals surface area contributed by atoms with E-state index in [1.165, 1.54) is 25.7 Å². The largest absolute Gasteiger partial charge is 0.0845 e. The summed E-state index contributed by atoms with van der Waals surface area (Å²) >= 11 is 0. The average molecular weight is 148 g/mol. The van der Waals surface area contributed by atoms with Crippen molar-refractivity contribution in [2.75, 3.05) is 0 Å². The van der Waals surface area contributed by atoms with Gasteiger partial charge in [0.25, 0.3) is 0 Å². The molecule has 0 spiro atoms. The standard InChI is InChI=1S/C11H16/c1-11-6-5-8(7-11)9-3-2-4-10(9)11/h5-6,8-10H,2-4,7H2,1H3/t8-,9?,10?,11+/m1/s1. The molecular formula is C11H16. The molecule has 0 nitrogen and oxygen atoms in total. The molecule has 0 aliphatic heterocycles. The van der Waals surface area contributed by atoms with Crippen LogP contribution in [0.1, 0.15) is 32.6 Å². The fourth-order valence-electron chi connectivity index (χ4n) is 3.88. The van der Waals surface area contributed by atoms with Crippen molar-refractivity contribution < 1.29 is 0 Å². The molecule has 11 heavy (non-hydrogen) atoms. The lowest BCUT2D eigenvalue weighted by atomic mass is 9.77. The van der Waals surface area contributed by atoms with E-state index < -0.39 is 0 Å². The number of hydrogen-bond acceptors (Lipinski definition) is 0. The molecule has 0 radical (unpaired) electrons. The van der Waals surface area contributed by atoms with E-state index in [4.69, 9.17) is 0 Å². The van der Waals surface area contributed by atoms with Crippen molar-refractivity contribution >= 4 is 0 Å². The van der Waals surface area contributed by atoms with Crippen LogP contribution in [0.15, 0.2) is 12.2 Å². The number of allylic oxidation sites excluding steroid dienone is 2. The van der Waals surface area contributed by atoms with Crippen LogP contribution in [0.5, 0.6) is 0 Å². The van der Waals surface area contributed by atoms with Crippen molar-refractivity contribution in [3.63, 3.8) is 0 Å². The summed E-state index contributed by atoms with van der Waals surface area (Å²) in [5.41, 5.74) is 0.631. The van der Waals surface area contributed by atoms with E-state index in [9.17, 15) is 0 Å². The van der Waals surface area contributed by atoms with Gasteiger partial charge in [0.1, 0.15) is 0 Å². The zero-order valence-electron chi connectivity index (χ0n) is 7.22. The van der Waals surface area contributed by atoms with E-state index in [2.05, 4.69) is 19.1 Å². The van der Waals surface area contributed by atoms with Crippen LogP contribution in [0.25, 0.3) is 0 Å². The molecule has 0 aromatic heterocycles. The lowest BCUT2D eigenvalue weighted by molar-refractivity contribution is 0.274. The molecule has 0 N–H and O–H groups in total. The maximum atomic E-state index is 2.50. The molecule has 2 bridgehead atoms. The summed E-state index contributed by atoms with van der Waals surface area (Å²) in [7, 11) is 0. The van der Waals surface area contributed by atoms with Gasteiger partial charge >= 0.3 is 0 Å². The first kappa shape index (κ1) is 6.28. The van der Waals surface area contributed by atoms with Gasteiger partial charge in [-0.2, -0.15) is 0 Å². The average Bonchev–Trinajstić information content (AvgIpc) is 2.53. The molecule has 3 aliphatic carbocycles. The van der Waals surface area contributed by atoms with Crippen LogP contribution in [0.4, 0.5) is 0 Å². The van der Waals surface area contributed by atoms with Crippen molar-refractivity contribution in [3.8, 4) is 0 Å². The van der Waals surface area contributed by atoms with Crippen LogP contribution >= 0.6 is 0 Å². The normalized spacial score (nSPS) is 58.8. The SMILES string of the molecule is C[C@]12C=C[C@H](C1)C1CCCC12. The quantitative estimate of drug-likeness (QED) is 0.463. The third-order valence-corrected chi connectivity index (χ3v) is 4.37. The highest BCUT2D eigenvalue weighted by Gasteiger charge is 2.53. The molecule has 3 aliphatic rings. The summed E-state index contributed by atoms with van der Waals surface area (Å²) in [6, 6.07) is 0. The van der Waals surface area contributed by atoms with Crippen molar-refractivity contribution in [1.82, 2.24) is 0 Å². The Morgan fingerprint density at radius 3 is 3.09 bits per heavy atom. The van der Waals surface area contributed by atoms with Gasteiger partial charge in [-0.1, -0.05) is 25.5 Å². The first-order valence-corrected chi connectivity index (χ1v) is 4.99. The highest BCUT2D eigenvalue weighted by molar-refractivity contribution is 5.20. The first-order valence-electron chi connectivity index (χ1n) is 4.99. The predicted molar refractivity (Wildman–Crippen MR) is 46.2 cm³/mol. The summed E-state index contributed by atoms with van der Waals surface area (Å²) < 4.78 is 0. The van der Waals surface area contributed by atoms with Gasteiger partial charge in [-0.25, -0.2) is 0 Å². The number of hydrogen-bond donors (Lipinski definition) is 0. The second-order valence-electron chi connectivity index (χ2n) is 4.93. The summed E-state index contributed by atoms with van der Waals surface area (Å²) in [6.07, 6.45) is 11.0. The molecule has 0 amide bonds. The van der Waals surface area contributed by atoms with E-state index in [0.29, 0.717) is 5.41 Å². The highest BCUT2D eigenvalue weighted by atomic mass is 14.6. The smallest absolute Gasteiger partial charge is 0.0110 e. The summed E-state index contributed by atoms with van der Waals surface area (Å²) in [6.45, 7) is 2.47. The Morgan fingerprint density at radius 2 is 2.27 bits per heavy atom. The Morgan fingerprint density at radius 1 is 1.36 bits per heavy atom. The van der Waals surface area contributed by atoms with Gasteiger partial charge in [-0.05, 0) is 42.4 Å². The molecule has 0 aromatic rings. The van der Waals surface area contributed by atoms with E-state index in [1.54, 1.807) is 0 Å². The van der Waals surface area contributed by atoms with Crippen LogP contribution in [0.3, 0.4) is 0 Å². The second kappa shape index (κ2) is 1.73. The molecule has 0 saturated heterocycles. The molecule has 0 heteroatoms. The van der Waals surface area contributed by atoms with Crippen LogP contribution in [-0.4, -0.2) is 0 Å². The van der Waals surface area contributed by atoms with Gasteiger partial charge in [0.2, 0.25) is 0 Å². The van der Waals surface area contributed by atoms with Crippen LogP contribution in [0, 0.1) is 23.2 Å². The van der Waals surface area contributed by atoms with E-state index >= 15 is 0 Å². The van der Waals surface area contributed by atoms with E-state index in [0.717, 1.165) is 17.8 Å². The van der Waals surface area contributed by atoms with Crippen molar-refractivity contribution in [3.05, 3.63) is 12.2 Å². The van der Waals surface area contributed by atoms with Crippen LogP contribution in [0.2, 0.25) is 0 Å². The summed E-state index contributed by atoms with van der Waals surface area (Å²) in [5.74, 6) is 3.13. The zero-order chi connectivity index (χ0) is 7.47. The van der Waals surface area contributed by atoms with Crippen LogP contribution in [-0.2, 0) is 0 Å². The van der Waals surface area contributed by atoms with Gasteiger partial charge in [0.05, 0.1) is 0 Å². The second-order valence-corrected chi connectivity index (χ2v) is 4.93. The lowest BCUT2D eigenvalue weighted by Crippen LogP contribution is -2.20. The third kappa shape index (κ3) is 0.617. The predicted octanol–water partition coefficient (Wildman–Crippen LogP) is 3.00. The maximum absolute atomic E-state index is 2.50. The Bertz CT molecular complexity index is 216. The number of fused-ring (bicyclic) bond motifs is 5. The van der Waals surface area contributed by atoms with E-state index in [-0.39, 0.29) is 0 Å². The van der Waals surface area contributed by atoms with Crippen molar-refractivity contribution in [2.45, 2.75) is 32.6 Å². The Kier molecular flexibility index (Phi) is 0.987. The molecule has 4 atom stereocenters. The highest BCUT2D eigenvalue weighted by Crippen LogP contribution is 2.61. The molecule has 2 saturated carbocycles. The third-order valence-electron chi connectivity index (χ3n) is 4.37. The molecule has 0 heterocycles. The molecule has 2 fully saturated rings. The van der Waals surface area contributed by atoms with Gasteiger partial charge < -0.3 is 0 Å². The van der Waals surface area contributed by atoms with Crippen molar-refractivity contribution in [2.24, 2.45) is 23.2 Å². The summed E-state index contributed by atoms with van der Waals surface area (Å²) in [5, 5.41) is 0. The summed E-state index contributed by atoms with van der Waals surface area (Å²) in [4.78, 5) is 0. The molecule has 60 valence electrons. The lowest BCUT2D eigenvalue weighted by Gasteiger charge is -2.28. The molecular weight excluding hydrogens is 132 g/mol. The Labute approximate surface area is 68.7 Å². The van der Waals surface area contributed by atoms with Gasteiger partial charge in [-0.3, -0.25) is 0 Å². The van der Waals surface area contributed by atoms with Crippen LogP contribution < -0.4 is 0 Å². The fraction of sp³-hybridized carbons (Fsp3) is 0.818. The molecule has 2 unspecified atom stereocenters. The zero-order valence-corrected chi connectivity index (χ0v) is 7.22. The molecule has 0 aromatic carbocycles. The molecule has 3 rings (SSSR count). The number of rotatable bonds is 0. The Balaban J connectivity index is 2.04. The monoisotopic (exact) mass is 148 g/mol. The van der Waals surface area contributed by atoms with E-state index in [1.807, 2.05) is 0 Å². The Hall–Kier alpha value is -0.260. The first-order chi connectivity index (χ1) is 5.30.